The Morgan fingerprint density at radius 3 is 2.30 bits per heavy atom. The molecule has 0 aromatic heterocycles. The number of hydrogen-bond donors (Lipinski definition) is 0. The van der Waals surface area contributed by atoms with Crippen molar-refractivity contribution < 1.29 is 28.9 Å². The molecule has 4 nitrogen and oxygen atoms in total. The summed E-state index contributed by atoms with van der Waals surface area (Å²) in [7, 11) is -4.26. The van der Waals surface area contributed by atoms with Crippen LogP contribution < -0.4 is 8.35 Å². The van der Waals surface area contributed by atoms with Crippen molar-refractivity contribution in [2.24, 2.45) is 0 Å². The van der Waals surface area contributed by atoms with E-state index >= 15 is 0 Å². The number of alkyl halides is 3. The van der Waals surface area contributed by atoms with Crippen LogP contribution in [0.4, 0.5) is 13.2 Å². The summed E-state index contributed by atoms with van der Waals surface area (Å²) >= 11 is -3.48. The predicted octanol–water partition coefficient (Wildman–Crippen LogP) is 2.98. The zero-order valence-electron chi connectivity index (χ0n) is 14.3. The van der Waals surface area contributed by atoms with Crippen LogP contribution in [0.3, 0.4) is 0 Å². The van der Waals surface area contributed by atoms with Gasteiger partial charge in [0.15, 0.2) is 0 Å². The fourth-order valence-electron chi connectivity index (χ4n) is 2.59. The van der Waals surface area contributed by atoms with Gasteiger partial charge < -0.3 is 0 Å². The molecule has 3 rings (SSSR count). The Kier molecular flexibility index (Phi) is 5.50. The van der Waals surface area contributed by atoms with Gasteiger partial charge in [-0.2, -0.15) is 0 Å². The van der Waals surface area contributed by atoms with Crippen LogP contribution in [0, 0.1) is 0 Å². The van der Waals surface area contributed by atoms with Gasteiger partial charge in [-0.1, -0.05) is 0 Å². The molecular formula is C18H15F3O4STe. The number of halogens is 3. The first-order valence-electron chi connectivity index (χ1n) is 7.68. The van der Waals surface area contributed by atoms with Crippen molar-refractivity contribution in [3.63, 3.8) is 0 Å². The molecule has 1 heterocycles. The number of methoxy groups -OCH3 is 1. The van der Waals surface area contributed by atoms with Crippen LogP contribution >= 0.6 is 0 Å². The average Bonchev–Trinajstić information content (AvgIpc) is 2.63. The molecule has 0 spiro atoms. The quantitative estimate of drug-likeness (QED) is 0.468. The summed E-state index contributed by atoms with van der Waals surface area (Å²) < 4.78 is 72.6. The molecule has 0 saturated carbocycles. The third-order valence-electron chi connectivity index (χ3n) is 3.84. The predicted molar refractivity (Wildman–Crippen MR) is 98.6 cm³/mol. The van der Waals surface area contributed by atoms with Crippen LogP contribution in [0.2, 0.25) is 0 Å². The fourth-order valence-corrected chi connectivity index (χ4v) is 10.1. The number of hydrogen-bond acceptors (Lipinski definition) is 4. The first-order valence-corrected chi connectivity index (χ1v) is 12.4. The minimum absolute atomic E-state index is 0.426. The van der Waals surface area contributed by atoms with Crippen LogP contribution in [0.1, 0.15) is 18.1 Å². The van der Waals surface area contributed by atoms with Crippen molar-refractivity contribution in [3.05, 3.63) is 65.7 Å². The molecule has 0 amide bonds. The molecule has 1 aliphatic heterocycles. The second-order valence-electron chi connectivity index (χ2n) is 5.63. The van der Waals surface area contributed by atoms with E-state index in [0.29, 0.717) is 18.5 Å². The summed E-state index contributed by atoms with van der Waals surface area (Å²) in [5.41, 5.74) is -3.13. The van der Waals surface area contributed by atoms with Crippen LogP contribution in [0.25, 0.3) is 5.57 Å². The van der Waals surface area contributed by atoms with Gasteiger partial charge in [-0.3, -0.25) is 0 Å². The summed E-state index contributed by atoms with van der Waals surface area (Å²) in [5.74, 6) is 0.426. The molecule has 0 fully saturated rings. The second-order valence-corrected chi connectivity index (χ2v) is 12.9. The van der Waals surface area contributed by atoms with E-state index in [0.717, 1.165) is 11.1 Å². The fraction of sp³-hybridized carbons (Fsp3) is 0.167. The van der Waals surface area contributed by atoms with Gasteiger partial charge in [0.2, 0.25) is 0 Å². The van der Waals surface area contributed by atoms with Gasteiger partial charge in [0.25, 0.3) is 0 Å². The van der Waals surface area contributed by atoms with Gasteiger partial charge in [0, 0.05) is 0 Å². The van der Waals surface area contributed by atoms with E-state index in [-0.39, 0.29) is 0 Å². The minimum atomic E-state index is -5.69. The van der Waals surface area contributed by atoms with Crippen molar-refractivity contribution in [3.8, 4) is 5.75 Å². The van der Waals surface area contributed by atoms with Gasteiger partial charge in [-0.05, 0) is 0 Å². The monoisotopic (exact) mass is 514 g/mol. The molecule has 0 aliphatic carbocycles. The number of benzene rings is 2. The van der Waals surface area contributed by atoms with E-state index in [2.05, 4.69) is 0 Å². The SMILES string of the molecule is COc1ccc2c(c1)[Te](OS(=O)(=O)C(F)(F)F)=C(C)C=C2c1ccccc1. The summed E-state index contributed by atoms with van der Waals surface area (Å²) in [6.07, 6.45) is 1.72. The molecule has 0 radical (unpaired) electrons. The first-order chi connectivity index (χ1) is 12.6. The third-order valence-corrected chi connectivity index (χ3v) is 11.5. The van der Waals surface area contributed by atoms with Gasteiger partial charge in [-0.15, -0.1) is 0 Å². The molecule has 2 aromatic rings. The molecule has 0 N–H and O–H groups in total. The molecule has 2 aromatic carbocycles. The third kappa shape index (κ3) is 3.97. The molecule has 0 atom stereocenters. The molecular weight excluding hydrogens is 497 g/mol. The maximum atomic E-state index is 12.8. The summed E-state index contributed by atoms with van der Waals surface area (Å²) in [4.78, 5) is 0. The topological polar surface area (TPSA) is 52.6 Å². The molecule has 1 aliphatic rings. The van der Waals surface area contributed by atoms with Crippen LogP contribution in [-0.2, 0) is 12.7 Å². The Balaban J connectivity index is 2.22. The van der Waals surface area contributed by atoms with E-state index in [1.165, 1.54) is 7.11 Å². The molecule has 0 saturated heterocycles. The van der Waals surface area contributed by atoms with E-state index in [1.54, 1.807) is 31.2 Å². The summed E-state index contributed by atoms with van der Waals surface area (Å²) in [5, 5.41) is 0. The molecule has 144 valence electrons. The van der Waals surface area contributed by atoms with Crippen LogP contribution in [0.5, 0.6) is 5.75 Å². The van der Waals surface area contributed by atoms with E-state index < -0.39 is 35.1 Å². The van der Waals surface area contributed by atoms with E-state index in [9.17, 15) is 21.6 Å². The standard InChI is InChI=1S/C18H15F3O4STe/c1-12-10-16(13-6-4-3-5-7-13)15-9-8-14(24-2)11-17(15)27(12)25-26(22,23)18(19,20)21/h3-11H,1-2H3. The van der Waals surface area contributed by atoms with Gasteiger partial charge >= 0.3 is 162 Å². The summed E-state index contributed by atoms with van der Waals surface area (Å²) in [6, 6.07) is 14.3. The molecule has 9 heteroatoms. The van der Waals surface area contributed by atoms with Gasteiger partial charge in [-0.25, -0.2) is 0 Å². The number of fused-ring (bicyclic) bond motifs is 1. The molecule has 0 bridgehead atoms. The van der Waals surface area contributed by atoms with E-state index in [1.807, 2.05) is 30.3 Å². The summed E-state index contributed by atoms with van der Waals surface area (Å²) in [6.45, 7) is 1.61. The number of rotatable bonds is 4. The van der Waals surface area contributed by atoms with Crippen molar-refractivity contribution >= 4 is 42.3 Å². The van der Waals surface area contributed by atoms with Gasteiger partial charge in [0.1, 0.15) is 0 Å². The van der Waals surface area contributed by atoms with Crippen LogP contribution in [0.15, 0.2) is 54.6 Å². The van der Waals surface area contributed by atoms with Crippen molar-refractivity contribution in [2.75, 3.05) is 7.11 Å². The molecule has 0 unspecified atom stereocenters. The Labute approximate surface area is 162 Å². The number of allylic oxidation sites excluding steroid dienone is 1. The van der Waals surface area contributed by atoms with Crippen molar-refractivity contribution in [1.29, 1.82) is 0 Å². The Hall–Kier alpha value is -1.66. The van der Waals surface area contributed by atoms with Crippen molar-refractivity contribution in [2.45, 2.75) is 12.4 Å². The maximum absolute atomic E-state index is 12.8. The number of ether oxygens (including phenoxy) is 1. The van der Waals surface area contributed by atoms with Gasteiger partial charge in [0.05, 0.1) is 0 Å². The zero-order chi connectivity index (χ0) is 19.8. The Morgan fingerprint density at radius 1 is 1.04 bits per heavy atom. The van der Waals surface area contributed by atoms with Crippen molar-refractivity contribution in [1.82, 2.24) is 0 Å². The molecule has 27 heavy (non-hydrogen) atoms. The first kappa shape index (κ1) is 20.1. The zero-order valence-corrected chi connectivity index (χ0v) is 17.4. The Morgan fingerprint density at radius 2 is 1.70 bits per heavy atom. The Bertz CT molecular complexity index is 1040. The van der Waals surface area contributed by atoms with Crippen LogP contribution in [-0.4, -0.2) is 44.1 Å². The normalized spacial score (nSPS) is 15.3. The van der Waals surface area contributed by atoms with E-state index in [4.69, 9.17) is 7.28 Å². The average molecular weight is 512 g/mol. The second kappa shape index (κ2) is 7.40.